The van der Waals surface area contributed by atoms with E-state index in [1.807, 2.05) is 25.2 Å². The lowest BCUT2D eigenvalue weighted by atomic mass is 10.1. The molecule has 0 aliphatic carbocycles. The van der Waals surface area contributed by atoms with Crippen LogP contribution in [-0.2, 0) is 7.05 Å². The Balaban J connectivity index is 0.000000652. The van der Waals surface area contributed by atoms with Crippen molar-refractivity contribution < 1.29 is 0 Å². The fourth-order valence-corrected chi connectivity index (χ4v) is 4.73. The van der Waals surface area contributed by atoms with Crippen LogP contribution in [0.1, 0.15) is 13.8 Å². The first-order valence-electron chi connectivity index (χ1n) is 8.12. The molecular formula is C21H19NS. The van der Waals surface area contributed by atoms with E-state index in [1.54, 1.807) is 0 Å². The van der Waals surface area contributed by atoms with Crippen molar-refractivity contribution in [1.29, 1.82) is 0 Å². The van der Waals surface area contributed by atoms with Crippen molar-refractivity contribution in [3.63, 3.8) is 0 Å². The Hall–Kier alpha value is -2.32. The minimum absolute atomic E-state index is 1.30. The lowest BCUT2D eigenvalue weighted by Crippen LogP contribution is -1.85. The van der Waals surface area contributed by atoms with Crippen LogP contribution in [0.5, 0.6) is 0 Å². The van der Waals surface area contributed by atoms with Crippen molar-refractivity contribution in [2.75, 3.05) is 0 Å². The van der Waals surface area contributed by atoms with Crippen molar-refractivity contribution in [1.82, 2.24) is 4.57 Å². The summed E-state index contributed by atoms with van der Waals surface area (Å²) < 4.78 is 5.10. The second-order valence-electron chi connectivity index (χ2n) is 5.51. The molecule has 3 aromatic carbocycles. The highest BCUT2D eigenvalue weighted by atomic mass is 32.1. The van der Waals surface area contributed by atoms with Crippen molar-refractivity contribution in [3.8, 4) is 0 Å². The maximum absolute atomic E-state index is 2.34. The molecule has 0 amide bonds. The third-order valence-corrected chi connectivity index (χ3v) is 5.61. The molecule has 0 saturated heterocycles. The van der Waals surface area contributed by atoms with Crippen LogP contribution in [0, 0.1) is 0 Å². The number of rotatable bonds is 0. The molecule has 0 atom stereocenters. The first kappa shape index (κ1) is 14.3. The molecule has 0 saturated carbocycles. The molecule has 5 rings (SSSR count). The van der Waals surface area contributed by atoms with Crippen molar-refractivity contribution in [3.05, 3.63) is 60.7 Å². The van der Waals surface area contributed by atoms with Crippen LogP contribution in [0.25, 0.3) is 42.0 Å². The van der Waals surface area contributed by atoms with Crippen LogP contribution >= 0.6 is 11.3 Å². The number of para-hydroxylation sites is 1. The minimum atomic E-state index is 1.30. The number of thiophene rings is 1. The Bertz CT molecular complexity index is 1140. The second-order valence-corrected chi connectivity index (χ2v) is 6.57. The SMILES string of the molecule is CC.Cn1c2ccccc2c2ccc3c4ccccc4sc3c21. The van der Waals surface area contributed by atoms with E-state index in [0.29, 0.717) is 0 Å². The zero-order chi connectivity index (χ0) is 16.0. The summed E-state index contributed by atoms with van der Waals surface area (Å²) in [6, 6.07) is 21.9. The normalized spacial score (nSPS) is 11.3. The summed E-state index contributed by atoms with van der Waals surface area (Å²) in [5, 5.41) is 5.43. The minimum Gasteiger partial charge on any atom is -0.342 e. The molecule has 0 radical (unpaired) electrons. The van der Waals surface area contributed by atoms with Gasteiger partial charge in [-0.25, -0.2) is 0 Å². The average molecular weight is 317 g/mol. The molecule has 2 heteroatoms. The molecule has 2 heterocycles. The summed E-state index contributed by atoms with van der Waals surface area (Å²) in [5.41, 5.74) is 2.66. The molecule has 0 unspecified atom stereocenters. The van der Waals surface area contributed by atoms with Crippen LogP contribution in [0.15, 0.2) is 60.7 Å². The second kappa shape index (κ2) is 5.39. The Morgan fingerprint density at radius 2 is 1.35 bits per heavy atom. The summed E-state index contributed by atoms with van der Waals surface area (Å²) in [4.78, 5) is 0. The van der Waals surface area contributed by atoms with Gasteiger partial charge in [0.15, 0.2) is 0 Å². The largest absolute Gasteiger partial charge is 0.342 e. The van der Waals surface area contributed by atoms with Crippen LogP contribution in [-0.4, -0.2) is 4.57 Å². The molecule has 23 heavy (non-hydrogen) atoms. The summed E-state index contributed by atoms with van der Waals surface area (Å²) in [7, 11) is 2.18. The third kappa shape index (κ3) is 1.91. The summed E-state index contributed by atoms with van der Waals surface area (Å²) >= 11 is 1.90. The number of nitrogens with zero attached hydrogens (tertiary/aromatic N) is 1. The standard InChI is InChI=1S/C19H13NS.C2H6/c1-20-16-8-4-2-6-12(16)14-10-11-15-13-7-3-5-9-17(13)21-19(15)18(14)20;1-2/h2-11H,1H3;1-2H3. The van der Waals surface area contributed by atoms with Gasteiger partial charge in [0.2, 0.25) is 0 Å². The van der Waals surface area contributed by atoms with Crippen LogP contribution in [0.2, 0.25) is 0 Å². The summed E-state index contributed by atoms with van der Waals surface area (Å²) in [6.45, 7) is 4.00. The molecule has 0 spiro atoms. The Kier molecular flexibility index (Phi) is 3.35. The molecule has 1 nitrogen and oxygen atoms in total. The van der Waals surface area contributed by atoms with Gasteiger partial charge in [-0.3, -0.25) is 0 Å². The number of aryl methyl sites for hydroxylation is 1. The first-order valence-corrected chi connectivity index (χ1v) is 8.93. The number of hydrogen-bond acceptors (Lipinski definition) is 1. The molecular weight excluding hydrogens is 298 g/mol. The van der Waals surface area contributed by atoms with Gasteiger partial charge in [-0.05, 0) is 12.1 Å². The van der Waals surface area contributed by atoms with E-state index in [1.165, 1.54) is 42.0 Å². The number of hydrogen-bond donors (Lipinski definition) is 0. The molecule has 0 fully saturated rings. The number of aromatic nitrogens is 1. The topological polar surface area (TPSA) is 4.93 Å². The number of benzene rings is 3. The van der Waals surface area contributed by atoms with Crippen molar-refractivity contribution in [2.45, 2.75) is 13.8 Å². The Morgan fingerprint density at radius 1 is 0.696 bits per heavy atom. The highest BCUT2D eigenvalue weighted by molar-refractivity contribution is 7.26. The van der Waals surface area contributed by atoms with Gasteiger partial charge in [0.05, 0.1) is 10.2 Å². The smallest absolute Gasteiger partial charge is 0.0670 e. The fraction of sp³-hybridized carbons (Fsp3) is 0.143. The number of fused-ring (bicyclic) bond motifs is 7. The van der Waals surface area contributed by atoms with E-state index < -0.39 is 0 Å². The van der Waals surface area contributed by atoms with Crippen molar-refractivity contribution in [2.24, 2.45) is 7.05 Å². The van der Waals surface area contributed by atoms with Gasteiger partial charge in [-0.1, -0.05) is 62.4 Å². The van der Waals surface area contributed by atoms with E-state index >= 15 is 0 Å². The quantitative estimate of drug-likeness (QED) is 0.298. The highest BCUT2D eigenvalue weighted by Gasteiger charge is 2.13. The molecule has 0 aliphatic heterocycles. The van der Waals surface area contributed by atoms with Gasteiger partial charge in [-0.2, -0.15) is 0 Å². The van der Waals surface area contributed by atoms with E-state index in [0.717, 1.165) is 0 Å². The van der Waals surface area contributed by atoms with Crippen LogP contribution in [0.4, 0.5) is 0 Å². The Labute approximate surface area is 139 Å². The van der Waals surface area contributed by atoms with Gasteiger partial charge in [-0.15, -0.1) is 11.3 Å². The van der Waals surface area contributed by atoms with Crippen LogP contribution in [0.3, 0.4) is 0 Å². The predicted molar refractivity (Wildman–Crippen MR) is 105 cm³/mol. The molecule has 2 aromatic heterocycles. The van der Waals surface area contributed by atoms with Gasteiger partial charge in [0.25, 0.3) is 0 Å². The lowest BCUT2D eigenvalue weighted by molar-refractivity contribution is 1.02. The molecule has 0 aliphatic rings. The zero-order valence-corrected chi connectivity index (χ0v) is 14.4. The molecule has 5 aromatic rings. The first-order chi connectivity index (χ1) is 11.3. The van der Waals surface area contributed by atoms with Gasteiger partial charge in [0, 0.05) is 38.8 Å². The fourth-order valence-electron chi connectivity index (χ4n) is 3.44. The van der Waals surface area contributed by atoms with Gasteiger partial charge >= 0.3 is 0 Å². The maximum atomic E-state index is 2.34. The molecule has 0 bridgehead atoms. The van der Waals surface area contributed by atoms with E-state index in [-0.39, 0.29) is 0 Å². The third-order valence-electron chi connectivity index (χ3n) is 4.41. The highest BCUT2D eigenvalue weighted by Crippen LogP contribution is 2.40. The lowest BCUT2D eigenvalue weighted by Gasteiger charge is -1.99. The molecule has 114 valence electrons. The van der Waals surface area contributed by atoms with Gasteiger partial charge in [0.1, 0.15) is 0 Å². The van der Waals surface area contributed by atoms with E-state index in [2.05, 4.69) is 72.3 Å². The van der Waals surface area contributed by atoms with Gasteiger partial charge < -0.3 is 4.57 Å². The van der Waals surface area contributed by atoms with E-state index in [4.69, 9.17) is 0 Å². The maximum Gasteiger partial charge on any atom is 0.0670 e. The predicted octanol–water partition coefficient (Wildman–Crippen LogP) is 6.73. The van der Waals surface area contributed by atoms with Crippen LogP contribution < -0.4 is 0 Å². The van der Waals surface area contributed by atoms with E-state index in [9.17, 15) is 0 Å². The summed E-state index contributed by atoms with van der Waals surface area (Å²) in [6.07, 6.45) is 0. The van der Waals surface area contributed by atoms with Crippen molar-refractivity contribution >= 4 is 53.3 Å². The Morgan fingerprint density at radius 3 is 2.17 bits per heavy atom. The zero-order valence-electron chi connectivity index (χ0n) is 13.6. The molecule has 0 N–H and O–H groups in total. The monoisotopic (exact) mass is 317 g/mol. The average Bonchev–Trinajstić information content (AvgIpc) is 3.13. The summed E-state index contributed by atoms with van der Waals surface area (Å²) in [5.74, 6) is 0.